The molecule has 1 N–H and O–H groups in total. The molecule has 1 heterocycles. The van der Waals surface area contributed by atoms with Crippen LogP contribution in [0.25, 0.3) is 0 Å². The van der Waals surface area contributed by atoms with E-state index >= 15 is 0 Å². The molecule has 0 radical (unpaired) electrons. The summed E-state index contributed by atoms with van der Waals surface area (Å²) in [4.78, 5) is 25.9. The Bertz CT molecular complexity index is 735. The van der Waals surface area contributed by atoms with Crippen LogP contribution in [0, 0.1) is 17.0 Å². The molecule has 1 aromatic heterocycles. The van der Waals surface area contributed by atoms with Crippen molar-refractivity contribution in [1.82, 2.24) is 4.98 Å². The predicted molar refractivity (Wildman–Crippen MR) is 80.0 cm³/mol. The zero-order valence-electron chi connectivity index (χ0n) is 10.8. The van der Waals surface area contributed by atoms with E-state index in [2.05, 4.69) is 10.3 Å². The van der Waals surface area contributed by atoms with Crippen LogP contribution in [0.1, 0.15) is 15.9 Å². The predicted octanol–water partition coefficient (Wildman–Crippen LogP) is 3.86. The van der Waals surface area contributed by atoms with Gasteiger partial charge in [0.15, 0.2) is 0 Å². The van der Waals surface area contributed by atoms with Crippen LogP contribution in [0.3, 0.4) is 0 Å². The second-order valence-corrected chi connectivity index (χ2v) is 5.00. The first-order valence-corrected chi connectivity index (χ1v) is 6.51. The van der Waals surface area contributed by atoms with Gasteiger partial charge in [-0.15, -0.1) is 0 Å². The van der Waals surface area contributed by atoms with Crippen LogP contribution in [0.2, 0.25) is 10.2 Å². The summed E-state index contributed by atoms with van der Waals surface area (Å²) in [5.41, 5.74) is 0.898. The zero-order chi connectivity index (χ0) is 15.6. The van der Waals surface area contributed by atoms with Gasteiger partial charge in [-0.1, -0.05) is 29.3 Å². The maximum Gasteiger partial charge on any atom is 0.288 e. The highest BCUT2D eigenvalue weighted by Crippen LogP contribution is 2.23. The van der Waals surface area contributed by atoms with Gasteiger partial charge in [0.2, 0.25) is 0 Å². The lowest BCUT2D eigenvalue weighted by Crippen LogP contribution is -2.14. The first kappa shape index (κ1) is 15.2. The number of rotatable bonds is 3. The van der Waals surface area contributed by atoms with Crippen molar-refractivity contribution in [2.24, 2.45) is 0 Å². The van der Waals surface area contributed by atoms with Crippen molar-refractivity contribution in [3.05, 3.63) is 61.9 Å². The number of nitro groups is 1. The van der Waals surface area contributed by atoms with Crippen molar-refractivity contribution in [3.8, 4) is 0 Å². The van der Waals surface area contributed by atoms with Gasteiger partial charge in [-0.05, 0) is 24.6 Å². The van der Waals surface area contributed by atoms with E-state index in [1.54, 1.807) is 25.1 Å². The molecule has 0 atom stereocenters. The molecule has 0 aliphatic heterocycles. The highest BCUT2D eigenvalue weighted by Gasteiger charge is 2.17. The van der Waals surface area contributed by atoms with Gasteiger partial charge in [0.1, 0.15) is 11.3 Å². The number of benzene rings is 1. The van der Waals surface area contributed by atoms with E-state index in [-0.39, 0.29) is 16.4 Å². The summed E-state index contributed by atoms with van der Waals surface area (Å²) >= 11 is 11.7. The van der Waals surface area contributed by atoms with Gasteiger partial charge in [0.25, 0.3) is 11.6 Å². The standard InChI is InChI=1S/C13H9Cl2N3O3/c1-7-2-3-8(14)4-11(7)17-13(19)10-5-9(18(20)21)6-16-12(10)15/h2-6H,1H3,(H,17,19). The molecule has 1 aromatic carbocycles. The molecule has 108 valence electrons. The highest BCUT2D eigenvalue weighted by atomic mass is 35.5. The molecule has 2 aromatic rings. The normalized spacial score (nSPS) is 10.2. The fraction of sp³-hybridized carbons (Fsp3) is 0.0769. The average molecular weight is 326 g/mol. The molecule has 0 saturated heterocycles. The van der Waals surface area contributed by atoms with Crippen LogP contribution in [0.15, 0.2) is 30.5 Å². The monoisotopic (exact) mass is 325 g/mol. The Hall–Kier alpha value is -2.18. The minimum absolute atomic E-state index is 0.0785. The number of hydrogen-bond donors (Lipinski definition) is 1. The van der Waals surface area contributed by atoms with Gasteiger partial charge >= 0.3 is 0 Å². The van der Waals surface area contributed by atoms with E-state index in [0.717, 1.165) is 17.8 Å². The molecule has 0 spiro atoms. The lowest BCUT2D eigenvalue weighted by Gasteiger charge is -2.09. The van der Waals surface area contributed by atoms with Crippen LogP contribution in [0.5, 0.6) is 0 Å². The molecular formula is C13H9Cl2N3O3. The minimum Gasteiger partial charge on any atom is -0.322 e. The summed E-state index contributed by atoms with van der Waals surface area (Å²) < 4.78 is 0. The average Bonchev–Trinajstić information content (AvgIpc) is 2.43. The largest absolute Gasteiger partial charge is 0.322 e. The number of aromatic nitrogens is 1. The molecule has 8 heteroatoms. The summed E-state index contributed by atoms with van der Waals surface area (Å²) in [6.07, 6.45) is 0.990. The highest BCUT2D eigenvalue weighted by molar-refractivity contribution is 6.33. The third-order valence-corrected chi connectivity index (χ3v) is 3.26. The van der Waals surface area contributed by atoms with Gasteiger partial charge in [0, 0.05) is 16.8 Å². The van der Waals surface area contributed by atoms with Crippen LogP contribution >= 0.6 is 23.2 Å². The first-order valence-electron chi connectivity index (χ1n) is 5.76. The molecule has 0 aliphatic carbocycles. The van der Waals surface area contributed by atoms with Crippen LogP contribution in [0.4, 0.5) is 11.4 Å². The van der Waals surface area contributed by atoms with Gasteiger partial charge in [-0.3, -0.25) is 14.9 Å². The summed E-state index contributed by atoms with van der Waals surface area (Å²) in [5, 5.41) is 13.7. The van der Waals surface area contributed by atoms with E-state index in [4.69, 9.17) is 23.2 Å². The van der Waals surface area contributed by atoms with Gasteiger partial charge in [0.05, 0.1) is 10.5 Å². The number of nitrogens with zero attached hydrogens (tertiary/aromatic N) is 2. The first-order chi connectivity index (χ1) is 9.88. The van der Waals surface area contributed by atoms with Crippen LogP contribution < -0.4 is 5.32 Å². The second kappa shape index (κ2) is 6.07. The quantitative estimate of drug-likeness (QED) is 0.527. The Morgan fingerprint density at radius 1 is 1.33 bits per heavy atom. The van der Waals surface area contributed by atoms with Crippen LogP contribution in [-0.2, 0) is 0 Å². The van der Waals surface area contributed by atoms with Crippen molar-refractivity contribution in [2.75, 3.05) is 5.32 Å². The molecular weight excluding hydrogens is 317 g/mol. The fourth-order valence-corrected chi connectivity index (χ4v) is 1.98. The number of carbonyl (C=O) groups is 1. The number of anilines is 1. The Balaban J connectivity index is 2.34. The molecule has 0 saturated carbocycles. The maximum atomic E-state index is 12.2. The van der Waals surface area contributed by atoms with Crippen LogP contribution in [-0.4, -0.2) is 15.8 Å². The Labute approximate surface area is 129 Å². The van der Waals surface area contributed by atoms with E-state index in [1.807, 2.05) is 0 Å². The number of nitrogens with one attached hydrogen (secondary N) is 1. The topological polar surface area (TPSA) is 85.1 Å². The molecule has 1 amide bonds. The molecule has 0 fully saturated rings. The fourth-order valence-electron chi connectivity index (χ4n) is 1.61. The minimum atomic E-state index is -0.648. The smallest absolute Gasteiger partial charge is 0.288 e. The molecule has 0 aliphatic rings. The number of aryl methyl sites for hydroxylation is 1. The summed E-state index contributed by atoms with van der Waals surface area (Å²) in [6.45, 7) is 1.79. The lowest BCUT2D eigenvalue weighted by atomic mass is 10.2. The number of amides is 1. The van der Waals surface area contributed by atoms with Crippen molar-refractivity contribution in [3.63, 3.8) is 0 Å². The van der Waals surface area contributed by atoms with Crippen molar-refractivity contribution < 1.29 is 9.72 Å². The van der Waals surface area contributed by atoms with Crippen molar-refractivity contribution in [1.29, 1.82) is 0 Å². The number of hydrogen-bond acceptors (Lipinski definition) is 4. The summed E-state index contributed by atoms with van der Waals surface area (Å²) in [6, 6.07) is 6.08. The number of pyridine rings is 1. The Kier molecular flexibility index (Phi) is 4.40. The molecule has 21 heavy (non-hydrogen) atoms. The maximum absolute atomic E-state index is 12.2. The van der Waals surface area contributed by atoms with Gasteiger partial charge in [-0.25, -0.2) is 4.98 Å². The SMILES string of the molecule is Cc1ccc(Cl)cc1NC(=O)c1cc([N+](=O)[O-])cnc1Cl. The van der Waals surface area contributed by atoms with E-state index in [9.17, 15) is 14.9 Å². The zero-order valence-corrected chi connectivity index (χ0v) is 12.3. The number of carbonyl (C=O) groups excluding carboxylic acids is 1. The molecule has 0 unspecified atom stereocenters. The second-order valence-electron chi connectivity index (χ2n) is 4.20. The van der Waals surface area contributed by atoms with E-state index in [1.165, 1.54) is 0 Å². The van der Waals surface area contributed by atoms with Gasteiger partial charge in [-0.2, -0.15) is 0 Å². The third-order valence-electron chi connectivity index (χ3n) is 2.73. The van der Waals surface area contributed by atoms with Crippen molar-refractivity contribution >= 4 is 40.5 Å². The molecule has 0 bridgehead atoms. The Morgan fingerprint density at radius 3 is 2.71 bits per heavy atom. The third kappa shape index (κ3) is 3.48. The number of halogens is 2. The van der Waals surface area contributed by atoms with Crippen molar-refractivity contribution in [2.45, 2.75) is 6.92 Å². The summed E-state index contributed by atoms with van der Waals surface area (Å²) in [5.74, 6) is -0.596. The molecule has 6 nitrogen and oxygen atoms in total. The molecule has 2 rings (SSSR count). The summed E-state index contributed by atoms with van der Waals surface area (Å²) in [7, 11) is 0. The van der Waals surface area contributed by atoms with E-state index in [0.29, 0.717) is 10.7 Å². The lowest BCUT2D eigenvalue weighted by molar-refractivity contribution is -0.385. The van der Waals surface area contributed by atoms with E-state index < -0.39 is 10.8 Å². The Morgan fingerprint density at radius 2 is 2.05 bits per heavy atom. The van der Waals surface area contributed by atoms with Gasteiger partial charge < -0.3 is 5.32 Å².